The second kappa shape index (κ2) is 3.42. The molecular weight excluding hydrogens is 120 g/mol. The van der Waals surface area contributed by atoms with Crippen molar-refractivity contribution in [2.24, 2.45) is 0 Å². The highest BCUT2D eigenvalue weighted by molar-refractivity contribution is 5.69. The summed E-state index contributed by atoms with van der Waals surface area (Å²) in [7, 11) is 3.75. The summed E-state index contributed by atoms with van der Waals surface area (Å²) in [6.07, 6.45) is 0. The zero-order chi connectivity index (χ0) is 7.44. The number of nitrogens with one attached hydrogen (secondary N) is 1. The van der Waals surface area contributed by atoms with Crippen LogP contribution in [0.3, 0.4) is 0 Å². The highest BCUT2D eigenvalue weighted by Crippen LogP contribution is 1.60. The average Bonchev–Trinajstić information content (AvgIpc) is 1.63. The van der Waals surface area contributed by atoms with E-state index in [0.29, 0.717) is 6.54 Å². The zero-order valence-electron chi connectivity index (χ0n) is 5.81. The van der Waals surface area contributed by atoms with E-state index in [-0.39, 0.29) is 0 Å². The number of rotatable bonds is 3. The SMILES string of the molecule is C[NH+](C)C[C@H]([NH3+])C(=O)[O-]. The van der Waals surface area contributed by atoms with E-state index in [4.69, 9.17) is 0 Å². The lowest BCUT2D eigenvalue weighted by Gasteiger charge is -2.11. The summed E-state index contributed by atoms with van der Waals surface area (Å²) in [5.74, 6) is -1.07. The molecule has 0 heterocycles. The second-order valence-electron chi connectivity index (χ2n) is 2.43. The second-order valence-corrected chi connectivity index (χ2v) is 2.43. The smallest absolute Gasteiger partial charge is 0.174 e. The Bertz CT molecular complexity index is 103. The Balaban J connectivity index is 3.50. The quantitative estimate of drug-likeness (QED) is 0.407. The van der Waals surface area contributed by atoms with Gasteiger partial charge in [0.15, 0.2) is 6.04 Å². The van der Waals surface area contributed by atoms with Gasteiger partial charge in [0, 0.05) is 0 Å². The first-order valence-electron chi connectivity index (χ1n) is 2.87. The first-order valence-corrected chi connectivity index (χ1v) is 2.87. The topological polar surface area (TPSA) is 72.2 Å². The first-order chi connectivity index (χ1) is 4.04. The number of carbonyl (C=O) groups is 1. The molecule has 9 heavy (non-hydrogen) atoms. The van der Waals surface area contributed by atoms with Crippen LogP contribution in [0.5, 0.6) is 0 Å². The van der Waals surface area contributed by atoms with Crippen LogP contribution in [0.15, 0.2) is 0 Å². The lowest BCUT2D eigenvalue weighted by molar-refractivity contribution is -0.868. The molecule has 0 spiro atoms. The number of quaternary nitrogens is 2. The van der Waals surface area contributed by atoms with E-state index < -0.39 is 12.0 Å². The Labute approximate surface area is 54.3 Å². The molecule has 4 N–H and O–H groups in total. The van der Waals surface area contributed by atoms with Crippen LogP contribution in [0.1, 0.15) is 0 Å². The van der Waals surface area contributed by atoms with Crippen LogP contribution >= 0.6 is 0 Å². The van der Waals surface area contributed by atoms with E-state index in [9.17, 15) is 9.90 Å². The molecule has 0 aromatic heterocycles. The van der Waals surface area contributed by atoms with Crippen molar-refractivity contribution in [3.05, 3.63) is 0 Å². The third-order valence-electron chi connectivity index (χ3n) is 0.988. The molecule has 0 amide bonds. The Hall–Kier alpha value is -0.610. The molecule has 0 aromatic carbocycles. The summed E-state index contributed by atoms with van der Waals surface area (Å²) in [5.41, 5.74) is 3.39. The summed E-state index contributed by atoms with van der Waals surface area (Å²) in [6, 6.07) is -0.588. The Kier molecular flexibility index (Phi) is 3.19. The van der Waals surface area contributed by atoms with E-state index in [1.54, 1.807) is 0 Å². The minimum atomic E-state index is -1.07. The van der Waals surface area contributed by atoms with Gasteiger partial charge in [-0.15, -0.1) is 0 Å². The van der Waals surface area contributed by atoms with Gasteiger partial charge >= 0.3 is 0 Å². The normalized spacial score (nSPS) is 13.8. The highest BCUT2D eigenvalue weighted by atomic mass is 16.4. The van der Waals surface area contributed by atoms with Gasteiger partial charge in [0.05, 0.1) is 14.1 Å². The molecule has 0 rings (SSSR count). The fourth-order valence-electron chi connectivity index (χ4n) is 0.576. The van der Waals surface area contributed by atoms with E-state index in [1.807, 2.05) is 14.1 Å². The van der Waals surface area contributed by atoms with Gasteiger partial charge in [0.1, 0.15) is 12.5 Å². The standard InChI is InChI=1S/C5H12N2O2/c1-7(2)3-4(6)5(8)9/h4H,3,6H2,1-2H3,(H,8,9)/p+1/t4-/m0/s1. The van der Waals surface area contributed by atoms with Crippen molar-refractivity contribution in [1.82, 2.24) is 0 Å². The Morgan fingerprint density at radius 2 is 2.22 bits per heavy atom. The van der Waals surface area contributed by atoms with Crippen LogP contribution in [0, 0.1) is 0 Å². The van der Waals surface area contributed by atoms with Crippen molar-refractivity contribution in [2.45, 2.75) is 6.04 Å². The minimum absolute atomic E-state index is 0.516. The maximum atomic E-state index is 10.0. The number of hydrogen-bond acceptors (Lipinski definition) is 2. The molecule has 0 saturated carbocycles. The van der Waals surface area contributed by atoms with Crippen molar-refractivity contribution in [2.75, 3.05) is 20.6 Å². The molecule has 54 valence electrons. The van der Waals surface area contributed by atoms with Crippen LogP contribution in [0.4, 0.5) is 0 Å². The molecule has 0 aliphatic heterocycles. The number of hydrogen-bond donors (Lipinski definition) is 2. The Morgan fingerprint density at radius 1 is 1.78 bits per heavy atom. The highest BCUT2D eigenvalue weighted by Gasteiger charge is 2.09. The largest absolute Gasteiger partial charge is 0.544 e. The fourth-order valence-corrected chi connectivity index (χ4v) is 0.576. The van der Waals surface area contributed by atoms with Crippen LogP contribution in [0.2, 0.25) is 0 Å². The summed E-state index contributed by atoms with van der Waals surface area (Å²) in [4.78, 5) is 11.1. The number of aliphatic carboxylic acids is 1. The van der Waals surface area contributed by atoms with Crippen molar-refractivity contribution in [3.8, 4) is 0 Å². The molecule has 0 bridgehead atoms. The minimum Gasteiger partial charge on any atom is -0.544 e. The van der Waals surface area contributed by atoms with Gasteiger partial charge in [-0.25, -0.2) is 0 Å². The summed E-state index contributed by atoms with van der Waals surface area (Å²) in [6.45, 7) is 0.516. The van der Waals surface area contributed by atoms with Crippen LogP contribution in [-0.2, 0) is 4.79 Å². The predicted molar refractivity (Wildman–Crippen MR) is 29.4 cm³/mol. The van der Waals surface area contributed by atoms with Crippen molar-refractivity contribution < 1.29 is 20.5 Å². The molecule has 4 nitrogen and oxygen atoms in total. The van der Waals surface area contributed by atoms with Gasteiger partial charge in [0.2, 0.25) is 0 Å². The summed E-state index contributed by atoms with van der Waals surface area (Å²) >= 11 is 0. The molecule has 0 radical (unpaired) electrons. The van der Waals surface area contributed by atoms with Crippen molar-refractivity contribution >= 4 is 5.97 Å². The molecule has 0 unspecified atom stereocenters. The summed E-state index contributed by atoms with van der Waals surface area (Å²) < 4.78 is 0. The first kappa shape index (κ1) is 8.39. The number of carboxylic acid groups (broad SMARTS) is 1. The van der Waals surface area contributed by atoms with Crippen LogP contribution < -0.4 is 15.7 Å². The van der Waals surface area contributed by atoms with Gasteiger partial charge in [-0.2, -0.15) is 0 Å². The average molecular weight is 133 g/mol. The predicted octanol–water partition coefficient (Wildman–Crippen LogP) is -4.51. The van der Waals surface area contributed by atoms with Crippen LogP contribution in [-0.4, -0.2) is 32.7 Å². The number of carboxylic acids is 1. The maximum absolute atomic E-state index is 10.0. The zero-order valence-corrected chi connectivity index (χ0v) is 5.81. The van der Waals surface area contributed by atoms with Crippen molar-refractivity contribution in [1.29, 1.82) is 0 Å². The Morgan fingerprint density at radius 3 is 2.33 bits per heavy atom. The third-order valence-corrected chi connectivity index (χ3v) is 0.988. The van der Waals surface area contributed by atoms with Gasteiger partial charge in [-0.1, -0.05) is 0 Å². The molecule has 0 saturated heterocycles. The monoisotopic (exact) mass is 133 g/mol. The maximum Gasteiger partial charge on any atom is 0.174 e. The lowest BCUT2D eigenvalue weighted by atomic mass is 10.3. The molecular formula is C5H13N2O2+. The molecule has 4 heteroatoms. The van der Waals surface area contributed by atoms with Crippen LogP contribution in [0.25, 0.3) is 0 Å². The van der Waals surface area contributed by atoms with E-state index in [0.717, 1.165) is 4.90 Å². The number of carbonyl (C=O) groups excluding carboxylic acids is 1. The van der Waals surface area contributed by atoms with Gasteiger partial charge in [0.25, 0.3) is 0 Å². The van der Waals surface area contributed by atoms with Gasteiger partial charge < -0.3 is 20.5 Å². The fraction of sp³-hybridized carbons (Fsp3) is 0.800. The third kappa shape index (κ3) is 3.93. The van der Waals surface area contributed by atoms with E-state index in [1.165, 1.54) is 0 Å². The van der Waals surface area contributed by atoms with Gasteiger partial charge in [-0.05, 0) is 0 Å². The molecule has 1 atom stereocenters. The van der Waals surface area contributed by atoms with E-state index in [2.05, 4.69) is 5.73 Å². The number of likely N-dealkylation sites (N-methyl/N-ethyl adjacent to an activating group) is 1. The molecule has 0 fully saturated rings. The molecule has 0 aliphatic carbocycles. The lowest BCUT2D eigenvalue weighted by Crippen LogP contribution is -3.09. The van der Waals surface area contributed by atoms with E-state index >= 15 is 0 Å². The summed E-state index contributed by atoms with van der Waals surface area (Å²) in [5, 5.41) is 10.0. The van der Waals surface area contributed by atoms with Crippen molar-refractivity contribution in [3.63, 3.8) is 0 Å². The van der Waals surface area contributed by atoms with Gasteiger partial charge in [-0.3, -0.25) is 0 Å². The molecule has 0 aromatic rings. The molecule has 0 aliphatic rings.